The van der Waals surface area contributed by atoms with Crippen molar-refractivity contribution in [2.75, 3.05) is 0 Å². The predicted molar refractivity (Wildman–Crippen MR) is 48.5 cm³/mol. The van der Waals surface area contributed by atoms with Gasteiger partial charge in [0, 0.05) is 0 Å². The Morgan fingerprint density at radius 1 is 1.00 bits per heavy atom. The molecule has 0 aliphatic rings. The van der Waals surface area contributed by atoms with Crippen LogP contribution in [0.1, 0.15) is 34.6 Å². The summed E-state index contributed by atoms with van der Waals surface area (Å²) in [6, 6.07) is 0. The maximum Gasteiger partial charge on any atom is 0.181 e. The molecule has 62 valence electrons. The lowest BCUT2D eigenvalue weighted by molar-refractivity contribution is -0.111. The van der Waals surface area contributed by atoms with E-state index < -0.39 is 0 Å². The fraction of sp³-hybridized carbons (Fsp3) is 0.500. The highest BCUT2D eigenvalue weighted by Gasteiger charge is 2.00. The SMILES string of the molecule is CC(C)=CC(=O)C(C)=C(C)C. The van der Waals surface area contributed by atoms with E-state index in [1.54, 1.807) is 6.08 Å². The van der Waals surface area contributed by atoms with E-state index in [4.69, 9.17) is 0 Å². The van der Waals surface area contributed by atoms with Crippen LogP contribution in [0.5, 0.6) is 0 Å². The maximum absolute atomic E-state index is 11.3. The number of allylic oxidation sites excluding steroid dienone is 4. The summed E-state index contributed by atoms with van der Waals surface area (Å²) in [5.74, 6) is 0.130. The molecule has 0 amide bonds. The van der Waals surface area contributed by atoms with Gasteiger partial charge >= 0.3 is 0 Å². The van der Waals surface area contributed by atoms with E-state index in [0.717, 1.165) is 16.7 Å². The second-order valence-electron chi connectivity index (χ2n) is 3.21. The fourth-order valence-electron chi connectivity index (χ4n) is 0.617. The molecule has 0 rings (SSSR count). The van der Waals surface area contributed by atoms with Gasteiger partial charge in [-0.25, -0.2) is 0 Å². The lowest BCUT2D eigenvalue weighted by Gasteiger charge is -1.97. The lowest BCUT2D eigenvalue weighted by atomic mass is 10.1. The summed E-state index contributed by atoms with van der Waals surface area (Å²) >= 11 is 0. The first-order chi connectivity index (χ1) is 4.95. The van der Waals surface area contributed by atoms with Crippen LogP contribution >= 0.6 is 0 Å². The van der Waals surface area contributed by atoms with Crippen molar-refractivity contribution < 1.29 is 4.79 Å². The smallest absolute Gasteiger partial charge is 0.181 e. The molecule has 0 bridgehead atoms. The molecule has 0 spiro atoms. The van der Waals surface area contributed by atoms with Gasteiger partial charge in [-0.1, -0.05) is 11.1 Å². The average Bonchev–Trinajstić information content (AvgIpc) is 1.84. The molecule has 1 heteroatoms. The zero-order valence-electron chi connectivity index (χ0n) is 7.99. The number of rotatable bonds is 2. The molecule has 1 nitrogen and oxygen atoms in total. The highest BCUT2D eigenvalue weighted by atomic mass is 16.1. The van der Waals surface area contributed by atoms with Crippen LogP contribution in [0.3, 0.4) is 0 Å². The monoisotopic (exact) mass is 152 g/mol. The summed E-state index contributed by atoms with van der Waals surface area (Å²) in [7, 11) is 0. The Morgan fingerprint density at radius 3 is 1.73 bits per heavy atom. The largest absolute Gasteiger partial charge is 0.290 e. The van der Waals surface area contributed by atoms with Crippen molar-refractivity contribution >= 4 is 5.78 Å². The highest BCUT2D eigenvalue weighted by Crippen LogP contribution is 2.05. The van der Waals surface area contributed by atoms with Gasteiger partial charge in [-0.05, 0) is 46.3 Å². The highest BCUT2D eigenvalue weighted by molar-refractivity contribution is 6.04. The molecule has 0 aromatic heterocycles. The molecule has 0 unspecified atom stereocenters. The average molecular weight is 152 g/mol. The molecule has 0 aromatic carbocycles. The molecule has 0 aliphatic carbocycles. The van der Waals surface area contributed by atoms with Gasteiger partial charge in [0.25, 0.3) is 0 Å². The number of hydrogen-bond donors (Lipinski definition) is 0. The molecule has 0 aromatic rings. The van der Waals surface area contributed by atoms with E-state index in [-0.39, 0.29) is 5.78 Å². The summed E-state index contributed by atoms with van der Waals surface area (Å²) in [6.45, 7) is 9.61. The molecular weight excluding hydrogens is 136 g/mol. The Bertz CT molecular complexity index is 211. The van der Waals surface area contributed by atoms with Gasteiger partial charge in [0.1, 0.15) is 0 Å². The van der Waals surface area contributed by atoms with Gasteiger partial charge in [-0.15, -0.1) is 0 Å². The Labute approximate surface area is 68.8 Å². The molecule has 0 aliphatic heterocycles. The van der Waals surface area contributed by atoms with Crippen molar-refractivity contribution in [1.29, 1.82) is 0 Å². The topological polar surface area (TPSA) is 17.1 Å². The second kappa shape index (κ2) is 4.12. The molecular formula is C10H16O. The van der Waals surface area contributed by atoms with Crippen molar-refractivity contribution in [1.82, 2.24) is 0 Å². The Kier molecular flexibility index (Phi) is 3.80. The van der Waals surface area contributed by atoms with Crippen molar-refractivity contribution in [3.8, 4) is 0 Å². The second-order valence-corrected chi connectivity index (χ2v) is 3.21. The summed E-state index contributed by atoms with van der Waals surface area (Å²) in [6.07, 6.45) is 1.67. The Balaban J connectivity index is 4.54. The van der Waals surface area contributed by atoms with Crippen LogP contribution < -0.4 is 0 Å². The first-order valence-electron chi connectivity index (χ1n) is 3.78. The van der Waals surface area contributed by atoms with E-state index in [2.05, 4.69) is 0 Å². The van der Waals surface area contributed by atoms with Crippen molar-refractivity contribution in [3.63, 3.8) is 0 Å². The van der Waals surface area contributed by atoms with E-state index >= 15 is 0 Å². The third kappa shape index (κ3) is 3.76. The first kappa shape index (κ1) is 10.2. The summed E-state index contributed by atoms with van der Waals surface area (Å²) in [5.41, 5.74) is 2.99. The number of carbonyl (C=O) groups is 1. The van der Waals surface area contributed by atoms with Gasteiger partial charge in [0.15, 0.2) is 5.78 Å². The fourth-order valence-corrected chi connectivity index (χ4v) is 0.617. The summed E-state index contributed by atoms with van der Waals surface area (Å²) < 4.78 is 0. The van der Waals surface area contributed by atoms with E-state index in [1.165, 1.54) is 0 Å². The minimum Gasteiger partial charge on any atom is -0.290 e. The third-order valence-electron chi connectivity index (χ3n) is 1.54. The van der Waals surface area contributed by atoms with Gasteiger partial charge in [0.05, 0.1) is 0 Å². The Hall–Kier alpha value is -0.850. The molecule has 0 heterocycles. The number of carbonyl (C=O) groups excluding carboxylic acids is 1. The zero-order chi connectivity index (χ0) is 9.02. The summed E-state index contributed by atoms with van der Waals surface area (Å²) in [5, 5.41) is 0. The van der Waals surface area contributed by atoms with E-state index in [9.17, 15) is 4.79 Å². The molecule has 11 heavy (non-hydrogen) atoms. The van der Waals surface area contributed by atoms with Crippen LogP contribution in [0, 0.1) is 0 Å². The minimum atomic E-state index is 0.130. The molecule has 0 fully saturated rings. The van der Waals surface area contributed by atoms with Gasteiger partial charge in [-0.3, -0.25) is 4.79 Å². The summed E-state index contributed by atoms with van der Waals surface area (Å²) in [4.78, 5) is 11.3. The van der Waals surface area contributed by atoms with Gasteiger partial charge in [-0.2, -0.15) is 0 Å². The van der Waals surface area contributed by atoms with Crippen LogP contribution in [0.4, 0.5) is 0 Å². The molecule has 0 atom stereocenters. The minimum absolute atomic E-state index is 0.130. The van der Waals surface area contributed by atoms with Crippen LogP contribution in [-0.2, 0) is 4.79 Å². The van der Waals surface area contributed by atoms with Gasteiger partial charge in [0.2, 0.25) is 0 Å². The third-order valence-corrected chi connectivity index (χ3v) is 1.54. The molecule has 0 radical (unpaired) electrons. The van der Waals surface area contributed by atoms with Gasteiger partial charge < -0.3 is 0 Å². The number of ketones is 1. The van der Waals surface area contributed by atoms with Crippen molar-refractivity contribution in [3.05, 3.63) is 22.8 Å². The molecule has 0 saturated carbocycles. The Morgan fingerprint density at radius 2 is 1.45 bits per heavy atom. The van der Waals surface area contributed by atoms with Crippen LogP contribution in [0.25, 0.3) is 0 Å². The maximum atomic E-state index is 11.3. The van der Waals surface area contributed by atoms with Crippen LogP contribution in [0.15, 0.2) is 22.8 Å². The van der Waals surface area contributed by atoms with E-state index in [1.807, 2.05) is 34.6 Å². The molecule has 0 saturated heterocycles. The lowest BCUT2D eigenvalue weighted by Crippen LogP contribution is -1.96. The molecule has 0 N–H and O–H groups in total. The van der Waals surface area contributed by atoms with E-state index in [0.29, 0.717) is 0 Å². The normalized spacial score (nSPS) is 8.82. The standard InChI is InChI=1S/C10H16O/c1-7(2)6-10(11)9(5)8(3)4/h6H,1-5H3. The predicted octanol–water partition coefficient (Wildman–Crippen LogP) is 2.88. The van der Waals surface area contributed by atoms with Crippen molar-refractivity contribution in [2.24, 2.45) is 0 Å². The first-order valence-corrected chi connectivity index (χ1v) is 3.78. The quantitative estimate of drug-likeness (QED) is 0.556. The van der Waals surface area contributed by atoms with Crippen LogP contribution in [0.2, 0.25) is 0 Å². The van der Waals surface area contributed by atoms with Crippen molar-refractivity contribution in [2.45, 2.75) is 34.6 Å². The van der Waals surface area contributed by atoms with Crippen LogP contribution in [-0.4, -0.2) is 5.78 Å². The number of hydrogen-bond acceptors (Lipinski definition) is 1. The zero-order valence-corrected chi connectivity index (χ0v) is 7.99.